The number of carboxylic acid groups (broad SMARTS) is 1. The molecule has 5 nitrogen and oxygen atoms in total. The Labute approximate surface area is 172 Å². The van der Waals surface area contributed by atoms with Crippen molar-refractivity contribution < 1.29 is 33.4 Å². The molecule has 0 aromatic carbocycles. The average Bonchev–Trinajstić information content (AvgIpc) is 2.92. The fourth-order valence-electron chi connectivity index (χ4n) is 4.17. The standard InChI is InChI=1S/C22H36F2O5/c1-2-3-4-9-14-22(23,24)20(27)13-12-17-16(18(25)15-19(17)26)10-7-5-6-8-11-21(28)29/h16-17,19,26H,2-15H2,1H3,(H,28,29)/t16-,17-,19-/m1/s1. The van der Waals surface area contributed by atoms with Gasteiger partial charge >= 0.3 is 11.9 Å². The van der Waals surface area contributed by atoms with E-state index in [4.69, 9.17) is 5.11 Å². The average molecular weight is 419 g/mol. The summed E-state index contributed by atoms with van der Waals surface area (Å²) in [6.45, 7) is 1.99. The number of hydrogen-bond acceptors (Lipinski definition) is 4. The Bertz CT molecular complexity index is 535. The lowest BCUT2D eigenvalue weighted by atomic mass is 9.85. The third-order valence-corrected chi connectivity index (χ3v) is 5.95. The van der Waals surface area contributed by atoms with E-state index in [-0.39, 0.29) is 31.5 Å². The summed E-state index contributed by atoms with van der Waals surface area (Å²) in [5, 5.41) is 18.8. The fourth-order valence-corrected chi connectivity index (χ4v) is 4.17. The van der Waals surface area contributed by atoms with Crippen LogP contribution in [0.2, 0.25) is 0 Å². The minimum atomic E-state index is -3.33. The van der Waals surface area contributed by atoms with Crippen LogP contribution in [0.25, 0.3) is 0 Å². The van der Waals surface area contributed by atoms with Crippen molar-refractivity contribution in [3.8, 4) is 0 Å². The summed E-state index contributed by atoms with van der Waals surface area (Å²) in [5.41, 5.74) is 0. The maximum atomic E-state index is 14.0. The zero-order chi connectivity index (χ0) is 21.9. The van der Waals surface area contributed by atoms with Gasteiger partial charge in [0.1, 0.15) is 5.78 Å². The van der Waals surface area contributed by atoms with Gasteiger partial charge in [-0.2, -0.15) is 8.78 Å². The number of alkyl halides is 2. The van der Waals surface area contributed by atoms with Crippen molar-refractivity contribution in [3.63, 3.8) is 0 Å². The van der Waals surface area contributed by atoms with Crippen LogP contribution in [-0.2, 0) is 14.4 Å². The van der Waals surface area contributed by atoms with Crippen molar-refractivity contribution in [2.75, 3.05) is 0 Å². The van der Waals surface area contributed by atoms with Crippen molar-refractivity contribution in [3.05, 3.63) is 0 Å². The number of carbonyl (C=O) groups is 3. The highest BCUT2D eigenvalue weighted by Crippen LogP contribution is 2.37. The third-order valence-electron chi connectivity index (χ3n) is 5.95. The molecule has 0 aromatic heterocycles. The summed E-state index contributed by atoms with van der Waals surface area (Å²) < 4.78 is 28.1. The van der Waals surface area contributed by atoms with Crippen LogP contribution in [0.4, 0.5) is 8.78 Å². The van der Waals surface area contributed by atoms with Crippen LogP contribution in [-0.4, -0.2) is 39.8 Å². The van der Waals surface area contributed by atoms with Crippen LogP contribution < -0.4 is 0 Å². The number of aliphatic carboxylic acids is 1. The molecule has 1 saturated carbocycles. The molecule has 7 heteroatoms. The fraction of sp³-hybridized carbons (Fsp3) is 0.864. The monoisotopic (exact) mass is 418 g/mol. The number of aliphatic hydroxyl groups is 1. The summed E-state index contributed by atoms with van der Waals surface area (Å²) in [4.78, 5) is 34.7. The van der Waals surface area contributed by atoms with Crippen molar-refractivity contribution in [1.29, 1.82) is 0 Å². The van der Waals surface area contributed by atoms with E-state index in [1.165, 1.54) is 0 Å². The first-order chi connectivity index (χ1) is 13.7. The van der Waals surface area contributed by atoms with Gasteiger partial charge in [0.2, 0.25) is 5.78 Å². The molecule has 1 fully saturated rings. The lowest BCUT2D eigenvalue weighted by molar-refractivity contribution is -0.144. The summed E-state index contributed by atoms with van der Waals surface area (Å²) in [7, 11) is 0. The summed E-state index contributed by atoms with van der Waals surface area (Å²) in [6, 6.07) is 0. The van der Waals surface area contributed by atoms with E-state index in [0.29, 0.717) is 25.7 Å². The van der Waals surface area contributed by atoms with E-state index in [9.17, 15) is 28.3 Å². The molecule has 0 radical (unpaired) electrons. The highest BCUT2D eigenvalue weighted by Gasteiger charge is 2.43. The lowest BCUT2D eigenvalue weighted by Gasteiger charge is -2.22. The molecule has 3 atom stereocenters. The minimum Gasteiger partial charge on any atom is -0.481 e. The van der Waals surface area contributed by atoms with Crippen molar-refractivity contribution >= 4 is 17.5 Å². The molecular weight excluding hydrogens is 382 g/mol. The van der Waals surface area contributed by atoms with Crippen LogP contribution in [0.3, 0.4) is 0 Å². The number of carboxylic acids is 1. The maximum absolute atomic E-state index is 14.0. The molecule has 29 heavy (non-hydrogen) atoms. The van der Waals surface area contributed by atoms with Gasteiger partial charge in [0.15, 0.2) is 0 Å². The van der Waals surface area contributed by atoms with Gasteiger partial charge in [-0.15, -0.1) is 0 Å². The number of halogens is 2. The smallest absolute Gasteiger partial charge is 0.305 e. The quantitative estimate of drug-likeness (QED) is 0.347. The molecule has 0 spiro atoms. The maximum Gasteiger partial charge on any atom is 0.305 e. The molecule has 0 heterocycles. The highest BCUT2D eigenvalue weighted by molar-refractivity contribution is 5.86. The molecule has 0 amide bonds. The van der Waals surface area contributed by atoms with Crippen molar-refractivity contribution in [1.82, 2.24) is 0 Å². The van der Waals surface area contributed by atoms with Gasteiger partial charge in [-0.25, -0.2) is 0 Å². The SMILES string of the molecule is CCCCCCC(F)(F)C(=O)CC[C@H]1[C@H](O)CC(=O)[C@@H]1CCCCCCC(=O)O. The van der Waals surface area contributed by atoms with Crippen LogP contribution in [0.1, 0.15) is 96.8 Å². The minimum absolute atomic E-state index is 0.0238. The molecule has 168 valence electrons. The highest BCUT2D eigenvalue weighted by atomic mass is 19.3. The molecule has 0 aromatic rings. The summed E-state index contributed by atoms with van der Waals surface area (Å²) in [5.74, 6) is -6.15. The first-order valence-electron chi connectivity index (χ1n) is 11.0. The first kappa shape index (κ1) is 25.7. The second-order valence-electron chi connectivity index (χ2n) is 8.33. The Kier molecular flexibility index (Phi) is 11.5. The summed E-state index contributed by atoms with van der Waals surface area (Å²) >= 11 is 0. The largest absolute Gasteiger partial charge is 0.481 e. The van der Waals surface area contributed by atoms with Gasteiger partial charge in [-0.05, 0) is 31.6 Å². The van der Waals surface area contributed by atoms with E-state index in [1.807, 2.05) is 6.92 Å². The zero-order valence-electron chi connectivity index (χ0n) is 17.5. The van der Waals surface area contributed by atoms with E-state index in [0.717, 1.165) is 32.1 Å². The topological polar surface area (TPSA) is 91.7 Å². The number of carbonyl (C=O) groups excluding carboxylic acids is 2. The second-order valence-corrected chi connectivity index (χ2v) is 8.33. The van der Waals surface area contributed by atoms with Crippen LogP contribution in [0.15, 0.2) is 0 Å². The molecule has 1 rings (SSSR count). The molecule has 0 bridgehead atoms. The third kappa shape index (κ3) is 9.32. The zero-order valence-corrected chi connectivity index (χ0v) is 17.5. The number of unbranched alkanes of at least 4 members (excludes halogenated alkanes) is 6. The molecule has 1 aliphatic rings. The van der Waals surface area contributed by atoms with Crippen LogP contribution in [0.5, 0.6) is 0 Å². The van der Waals surface area contributed by atoms with Crippen molar-refractivity contribution in [2.24, 2.45) is 11.8 Å². The Morgan fingerprint density at radius 3 is 2.31 bits per heavy atom. The van der Waals surface area contributed by atoms with Gasteiger partial charge < -0.3 is 10.2 Å². The number of hydrogen-bond donors (Lipinski definition) is 2. The second kappa shape index (κ2) is 13.0. The lowest BCUT2D eigenvalue weighted by Crippen LogP contribution is -2.30. The van der Waals surface area contributed by atoms with Crippen molar-refractivity contribution in [2.45, 2.75) is 109 Å². The van der Waals surface area contributed by atoms with Crippen LogP contribution in [0, 0.1) is 11.8 Å². The predicted molar refractivity (Wildman–Crippen MR) is 106 cm³/mol. The normalized spacial score (nSPS) is 22.2. The van der Waals surface area contributed by atoms with E-state index in [1.54, 1.807) is 0 Å². The molecule has 1 aliphatic carbocycles. The predicted octanol–water partition coefficient (Wildman–Crippen LogP) is 4.93. The van der Waals surface area contributed by atoms with Crippen LogP contribution >= 0.6 is 0 Å². The van der Waals surface area contributed by atoms with Gasteiger partial charge in [-0.3, -0.25) is 14.4 Å². The van der Waals surface area contributed by atoms with Gasteiger partial charge in [-0.1, -0.05) is 45.4 Å². The van der Waals surface area contributed by atoms with E-state index >= 15 is 0 Å². The Morgan fingerprint density at radius 2 is 1.66 bits per heavy atom. The molecule has 0 saturated heterocycles. The van der Waals surface area contributed by atoms with E-state index < -0.39 is 42.0 Å². The summed E-state index contributed by atoms with van der Waals surface area (Å²) in [6.07, 6.45) is 4.86. The molecule has 2 N–H and O–H groups in total. The number of ketones is 2. The molecular formula is C22H36F2O5. The number of Topliss-reactive ketones (excluding diaryl/α,β-unsaturated/α-hetero) is 2. The van der Waals surface area contributed by atoms with E-state index in [2.05, 4.69) is 0 Å². The first-order valence-corrected chi connectivity index (χ1v) is 11.0. The number of rotatable bonds is 16. The Hall–Kier alpha value is -1.37. The number of aliphatic hydroxyl groups excluding tert-OH is 1. The molecule has 0 unspecified atom stereocenters. The van der Waals surface area contributed by atoms with Gasteiger partial charge in [0, 0.05) is 31.6 Å². The molecule has 0 aliphatic heterocycles. The Morgan fingerprint density at radius 1 is 1.00 bits per heavy atom. The van der Waals surface area contributed by atoms with Gasteiger partial charge in [0.05, 0.1) is 6.10 Å². The van der Waals surface area contributed by atoms with Gasteiger partial charge in [0.25, 0.3) is 0 Å². The Balaban J connectivity index is 2.43.